The Balaban J connectivity index is 2.08. The van der Waals surface area contributed by atoms with Crippen LogP contribution in [0, 0.1) is 19.8 Å². The summed E-state index contributed by atoms with van der Waals surface area (Å²) in [5.74, 6) is 0.0304. The third kappa shape index (κ3) is 2.73. The highest BCUT2D eigenvalue weighted by atomic mass is 16.5. The fourth-order valence-corrected chi connectivity index (χ4v) is 2.56. The Morgan fingerprint density at radius 1 is 1.42 bits per heavy atom. The van der Waals surface area contributed by atoms with Gasteiger partial charge < -0.3 is 9.84 Å². The summed E-state index contributed by atoms with van der Waals surface area (Å²) >= 11 is 0. The number of carbonyl (C=O) groups is 1. The Labute approximate surface area is 114 Å². The lowest BCUT2D eigenvalue weighted by Crippen LogP contribution is -2.24. The van der Waals surface area contributed by atoms with E-state index in [4.69, 9.17) is 9.84 Å². The molecule has 2 unspecified atom stereocenters. The summed E-state index contributed by atoms with van der Waals surface area (Å²) in [4.78, 5) is 13.0. The normalized spacial score (nSPS) is 21.5. The van der Waals surface area contributed by atoms with Crippen molar-refractivity contribution in [2.45, 2.75) is 32.9 Å². The molecule has 1 aliphatic rings. The maximum Gasteiger partial charge on any atom is 0.308 e. The van der Waals surface area contributed by atoms with Crippen LogP contribution in [0.5, 0.6) is 5.75 Å². The average molecular weight is 263 g/mol. The third-order valence-corrected chi connectivity index (χ3v) is 4.13. The molecule has 4 heteroatoms. The molecule has 104 valence electrons. The Morgan fingerprint density at radius 2 is 2.11 bits per heavy atom. The lowest BCUT2D eigenvalue weighted by atomic mass is 10.0. The number of nitrogens with zero attached hydrogens (tertiary/aromatic N) is 1. The van der Waals surface area contributed by atoms with Crippen LogP contribution >= 0.6 is 0 Å². The fourth-order valence-electron chi connectivity index (χ4n) is 2.56. The van der Waals surface area contributed by atoms with E-state index in [0.29, 0.717) is 0 Å². The maximum atomic E-state index is 10.9. The maximum absolute atomic E-state index is 10.9. The summed E-state index contributed by atoms with van der Waals surface area (Å²) in [6.07, 6.45) is 0.764. The number of rotatable bonds is 5. The van der Waals surface area contributed by atoms with E-state index in [0.717, 1.165) is 24.3 Å². The smallest absolute Gasteiger partial charge is 0.308 e. The second kappa shape index (κ2) is 5.21. The van der Waals surface area contributed by atoms with Gasteiger partial charge in [0.05, 0.1) is 13.0 Å². The monoisotopic (exact) mass is 263 g/mol. The fraction of sp³-hybridized carbons (Fsp3) is 0.533. The van der Waals surface area contributed by atoms with Gasteiger partial charge in [0, 0.05) is 12.6 Å². The molecule has 0 heterocycles. The Hall–Kier alpha value is -1.55. The van der Waals surface area contributed by atoms with Crippen LogP contribution in [0.2, 0.25) is 0 Å². The first-order valence-electron chi connectivity index (χ1n) is 6.51. The van der Waals surface area contributed by atoms with Gasteiger partial charge in [-0.25, -0.2) is 0 Å². The van der Waals surface area contributed by atoms with Gasteiger partial charge in [-0.2, -0.15) is 0 Å². The van der Waals surface area contributed by atoms with Crippen LogP contribution in [0.25, 0.3) is 0 Å². The van der Waals surface area contributed by atoms with E-state index in [1.807, 2.05) is 13.1 Å². The number of carboxylic acids is 1. The zero-order chi connectivity index (χ0) is 14.2. The molecule has 0 bridgehead atoms. The largest absolute Gasteiger partial charge is 0.496 e. The molecule has 1 saturated carbocycles. The SMILES string of the molecule is COc1ccc(CN(C)C2CC2C(=O)O)c(C)c1C. The molecule has 0 aromatic heterocycles. The quantitative estimate of drug-likeness (QED) is 0.885. The number of ether oxygens (including phenoxy) is 1. The van der Waals surface area contributed by atoms with Crippen molar-refractivity contribution in [3.63, 3.8) is 0 Å². The van der Waals surface area contributed by atoms with Crippen LogP contribution in [0.1, 0.15) is 23.1 Å². The van der Waals surface area contributed by atoms with Gasteiger partial charge in [-0.1, -0.05) is 6.07 Å². The molecule has 19 heavy (non-hydrogen) atoms. The molecular formula is C15H21NO3. The van der Waals surface area contributed by atoms with Crippen LogP contribution in [0.4, 0.5) is 0 Å². The summed E-state index contributed by atoms with van der Waals surface area (Å²) in [5.41, 5.74) is 3.61. The average Bonchev–Trinajstić information content (AvgIpc) is 3.15. The summed E-state index contributed by atoms with van der Waals surface area (Å²) in [7, 11) is 3.67. The number of benzene rings is 1. The zero-order valence-electron chi connectivity index (χ0n) is 11.9. The summed E-state index contributed by atoms with van der Waals surface area (Å²) < 4.78 is 5.30. The second-order valence-corrected chi connectivity index (χ2v) is 5.34. The van der Waals surface area contributed by atoms with E-state index < -0.39 is 5.97 Å². The number of aliphatic carboxylic acids is 1. The molecule has 4 nitrogen and oxygen atoms in total. The molecule has 0 saturated heterocycles. The number of hydrogen-bond acceptors (Lipinski definition) is 3. The molecule has 0 radical (unpaired) electrons. The molecule has 1 N–H and O–H groups in total. The van der Waals surface area contributed by atoms with Gasteiger partial charge in [-0.05, 0) is 50.1 Å². The van der Waals surface area contributed by atoms with E-state index in [1.54, 1.807) is 7.11 Å². The number of methoxy groups -OCH3 is 1. The number of carboxylic acid groups (broad SMARTS) is 1. The molecule has 2 rings (SSSR count). The van der Waals surface area contributed by atoms with E-state index in [-0.39, 0.29) is 12.0 Å². The predicted octanol–water partition coefficient (Wildman–Crippen LogP) is 2.22. The second-order valence-electron chi connectivity index (χ2n) is 5.34. The van der Waals surface area contributed by atoms with Crippen molar-refractivity contribution in [2.75, 3.05) is 14.2 Å². The van der Waals surface area contributed by atoms with E-state index in [2.05, 4.69) is 24.8 Å². The molecule has 1 aromatic rings. The van der Waals surface area contributed by atoms with Crippen molar-refractivity contribution in [1.29, 1.82) is 0 Å². The predicted molar refractivity (Wildman–Crippen MR) is 73.5 cm³/mol. The van der Waals surface area contributed by atoms with Crippen molar-refractivity contribution in [3.05, 3.63) is 28.8 Å². The van der Waals surface area contributed by atoms with Gasteiger partial charge in [0.2, 0.25) is 0 Å². The molecule has 1 fully saturated rings. The molecule has 2 atom stereocenters. The van der Waals surface area contributed by atoms with Crippen LogP contribution in [0.3, 0.4) is 0 Å². The Morgan fingerprint density at radius 3 is 2.63 bits per heavy atom. The van der Waals surface area contributed by atoms with Gasteiger partial charge >= 0.3 is 5.97 Å². The van der Waals surface area contributed by atoms with Crippen molar-refractivity contribution < 1.29 is 14.6 Å². The minimum Gasteiger partial charge on any atom is -0.496 e. The van der Waals surface area contributed by atoms with Gasteiger partial charge in [-0.3, -0.25) is 9.69 Å². The Kier molecular flexibility index (Phi) is 3.80. The van der Waals surface area contributed by atoms with Gasteiger partial charge in [-0.15, -0.1) is 0 Å². The molecule has 0 aliphatic heterocycles. The van der Waals surface area contributed by atoms with E-state index in [1.165, 1.54) is 11.1 Å². The van der Waals surface area contributed by atoms with E-state index in [9.17, 15) is 4.79 Å². The minimum absolute atomic E-state index is 0.180. The van der Waals surface area contributed by atoms with Crippen molar-refractivity contribution in [1.82, 2.24) is 4.90 Å². The molecule has 0 amide bonds. The molecule has 1 aliphatic carbocycles. The van der Waals surface area contributed by atoms with Crippen molar-refractivity contribution in [3.8, 4) is 5.75 Å². The first-order chi connectivity index (χ1) is 8.95. The zero-order valence-corrected chi connectivity index (χ0v) is 11.9. The molecule has 0 spiro atoms. The van der Waals surface area contributed by atoms with Gasteiger partial charge in [0.15, 0.2) is 0 Å². The molecule has 1 aromatic carbocycles. The lowest BCUT2D eigenvalue weighted by molar-refractivity contribution is -0.138. The topological polar surface area (TPSA) is 49.8 Å². The van der Waals surface area contributed by atoms with Crippen LogP contribution in [-0.4, -0.2) is 36.2 Å². The summed E-state index contributed by atoms with van der Waals surface area (Å²) in [5, 5.41) is 8.96. The van der Waals surface area contributed by atoms with E-state index >= 15 is 0 Å². The van der Waals surface area contributed by atoms with Crippen molar-refractivity contribution >= 4 is 5.97 Å². The first-order valence-corrected chi connectivity index (χ1v) is 6.51. The first kappa shape index (κ1) is 13.9. The summed E-state index contributed by atoms with van der Waals surface area (Å²) in [6.45, 7) is 4.92. The highest BCUT2D eigenvalue weighted by Crippen LogP contribution is 2.36. The van der Waals surface area contributed by atoms with Gasteiger partial charge in [0.1, 0.15) is 5.75 Å². The Bertz CT molecular complexity index is 498. The molecular weight excluding hydrogens is 242 g/mol. The standard InChI is InChI=1S/C15H21NO3/c1-9-10(2)14(19-4)6-5-11(9)8-16(3)13-7-12(13)15(17)18/h5-6,12-13H,7-8H2,1-4H3,(H,17,18). The van der Waals surface area contributed by atoms with Crippen LogP contribution in [-0.2, 0) is 11.3 Å². The van der Waals surface area contributed by atoms with Crippen molar-refractivity contribution in [2.24, 2.45) is 5.92 Å². The highest BCUT2D eigenvalue weighted by Gasteiger charge is 2.45. The van der Waals surface area contributed by atoms with Crippen LogP contribution in [0.15, 0.2) is 12.1 Å². The lowest BCUT2D eigenvalue weighted by Gasteiger charge is -2.19. The van der Waals surface area contributed by atoms with Gasteiger partial charge in [0.25, 0.3) is 0 Å². The third-order valence-electron chi connectivity index (χ3n) is 4.13. The van der Waals surface area contributed by atoms with Crippen LogP contribution < -0.4 is 4.74 Å². The summed E-state index contributed by atoms with van der Waals surface area (Å²) in [6, 6.07) is 4.22. The highest BCUT2D eigenvalue weighted by molar-refractivity contribution is 5.74. The number of hydrogen-bond donors (Lipinski definition) is 1. The minimum atomic E-state index is -0.681.